The fraction of sp³-hybridized carbons (Fsp3) is 0.258. The van der Waals surface area contributed by atoms with Crippen LogP contribution in [0, 0.1) is 20.8 Å². The summed E-state index contributed by atoms with van der Waals surface area (Å²) in [6.45, 7) is 11.6. The summed E-state index contributed by atoms with van der Waals surface area (Å²) < 4.78 is 4.17. The molecule has 0 bridgehead atoms. The predicted octanol–water partition coefficient (Wildman–Crippen LogP) is 7.06. The Balaban J connectivity index is 1.46. The van der Waals surface area contributed by atoms with Crippen LogP contribution in [0.2, 0.25) is 0 Å². The van der Waals surface area contributed by atoms with Crippen molar-refractivity contribution in [3.8, 4) is 16.9 Å². The molecule has 0 atom stereocenters. The average molecular weight is 489 g/mol. The highest BCUT2D eigenvalue weighted by Gasteiger charge is 2.23. The van der Waals surface area contributed by atoms with Crippen molar-refractivity contribution < 1.29 is 0 Å². The molecule has 186 valence electrons. The van der Waals surface area contributed by atoms with Gasteiger partial charge in [0.25, 0.3) is 0 Å². The number of rotatable bonds is 6. The molecule has 6 heteroatoms. The van der Waals surface area contributed by atoms with Crippen molar-refractivity contribution in [2.24, 2.45) is 0 Å². The Kier molecular flexibility index (Phi) is 5.67. The van der Waals surface area contributed by atoms with Gasteiger partial charge in [-0.25, -0.2) is 9.67 Å². The van der Waals surface area contributed by atoms with Crippen LogP contribution in [0.1, 0.15) is 48.0 Å². The number of aryl methyl sites for hydroxylation is 4. The first-order valence-electron chi connectivity index (χ1n) is 13.0. The summed E-state index contributed by atoms with van der Waals surface area (Å²) in [6, 6.07) is 21.2. The lowest BCUT2D eigenvalue weighted by Crippen LogP contribution is -2.02. The zero-order valence-corrected chi connectivity index (χ0v) is 22.1. The number of benzene rings is 3. The SMILES string of the molecule is Cc1nc2cc(-n3nc(-c4cccc5nn(CCc6ccccc6)cc45)c(C(C)C)c3C)c(C)cc2[nH]1. The number of H-pyrrole nitrogens is 1. The van der Waals surface area contributed by atoms with Gasteiger partial charge < -0.3 is 4.98 Å². The number of imidazole rings is 1. The largest absolute Gasteiger partial charge is 0.342 e. The zero-order chi connectivity index (χ0) is 25.7. The number of nitrogens with zero attached hydrogens (tertiary/aromatic N) is 5. The number of fused-ring (bicyclic) bond motifs is 2. The second kappa shape index (κ2) is 9.04. The maximum absolute atomic E-state index is 5.24. The molecule has 0 aliphatic rings. The first-order chi connectivity index (χ1) is 17.9. The average Bonchev–Trinajstić information content (AvgIpc) is 3.56. The normalized spacial score (nSPS) is 11.8. The van der Waals surface area contributed by atoms with E-state index in [2.05, 4.69) is 114 Å². The Morgan fingerprint density at radius 2 is 1.70 bits per heavy atom. The van der Waals surface area contributed by atoms with Crippen molar-refractivity contribution in [1.29, 1.82) is 0 Å². The van der Waals surface area contributed by atoms with Gasteiger partial charge in [-0.05, 0) is 62.4 Å². The maximum Gasteiger partial charge on any atom is 0.104 e. The molecule has 0 unspecified atom stereocenters. The van der Waals surface area contributed by atoms with Gasteiger partial charge in [0.1, 0.15) is 5.82 Å². The van der Waals surface area contributed by atoms with E-state index in [1.807, 2.05) is 6.92 Å². The number of nitrogens with one attached hydrogen (secondary N) is 1. The lowest BCUT2D eigenvalue weighted by atomic mass is 9.95. The molecule has 0 saturated carbocycles. The Hall–Kier alpha value is -4.19. The minimum Gasteiger partial charge on any atom is -0.342 e. The lowest BCUT2D eigenvalue weighted by Gasteiger charge is -2.10. The van der Waals surface area contributed by atoms with Crippen molar-refractivity contribution in [2.75, 3.05) is 0 Å². The van der Waals surface area contributed by atoms with Gasteiger partial charge in [0.2, 0.25) is 0 Å². The molecule has 37 heavy (non-hydrogen) atoms. The van der Waals surface area contributed by atoms with Crippen LogP contribution in [0.5, 0.6) is 0 Å². The number of aromatic amines is 1. The number of hydrogen-bond acceptors (Lipinski definition) is 3. The molecule has 6 rings (SSSR count). The monoisotopic (exact) mass is 488 g/mol. The molecule has 0 saturated heterocycles. The minimum atomic E-state index is 0.323. The molecule has 0 aliphatic carbocycles. The summed E-state index contributed by atoms with van der Waals surface area (Å²) in [5, 5.41) is 11.3. The van der Waals surface area contributed by atoms with E-state index in [4.69, 9.17) is 10.2 Å². The summed E-state index contributed by atoms with van der Waals surface area (Å²) in [5.41, 5.74) is 11.1. The van der Waals surface area contributed by atoms with Crippen LogP contribution in [0.3, 0.4) is 0 Å². The molecular weight excluding hydrogens is 456 g/mol. The van der Waals surface area contributed by atoms with E-state index in [1.54, 1.807) is 0 Å². The number of hydrogen-bond donors (Lipinski definition) is 1. The summed E-state index contributed by atoms with van der Waals surface area (Å²) in [4.78, 5) is 8.01. The van der Waals surface area contributed by atoms with Gasteiger partial charge >= 0.3 is 0 Å². The van der Waals surface area contributed by atoms with Crippen LogP contribution < -0.4 is 0 Å². The standard InChI is InChI=1S/C31H32N6/c1-19(2)30-21(4)37(29-17-28-27(16-20(29)3)32-22(5)33-28)35-31(30)24-12-9-13-26-25(24)18-36(34-26)15-14-23-10-7-6-8-11-23/h6-13,16-19H,14-15H2,1-5H3,(H,32,33). The highest BCUT2D eigenvalue weighted by atomic mass is 15.3. The third kappa shape index (κ3) is 4.12. The van der Waals surface area contributed by atoms with Crippen LogP contribution in [0.15, 0.2) is 66.9 Å². The first kappa shape index (κ1) is 23.2. The highest BCUT2D eigenvalue weighted by molar-refractivity contribution is 5.94. The van der Waals surface area contributed by atoms with Crippen LogP contribution in [-0.2, 0) is 13.0 Å². The fourth-order valence-electron chi connectivity index (χ4n) is 5.45. The summed E-state index contributed by atoms with van der Waals surface area (Å²) >= 11 is 0. The van der Waals surface area contributed by atoms with E-state index in [-0.39, 0.29) is 0 Å². The van der Waals surface area contributed by atoms with Gasteiger partial charge in [0.05, 0.1) is 27.9 Å². The topological polar surface area (TPSA) is 64.3 Å². The fourth-order valence-corrected chi connectivity index (χ4v) is 5.45. The first-order valence-corrected chi connectivity index (χ1v) is 13.0. The maximum atomic E-state index is 5.24. The molecule has 0 radical (unpaired) electrons. The Labute approximate surface area is 217 Å². The van der Waals surface area contributed by atoms with E-state index in [0.29, 0.717) is 5.92 Å². The van der Waals surface area contributed by atoms with Gasteiger partial charge in [-0.3, -0.25) is 4.68 Å². The molecular formula is C31H32N6. The van der Waals surface area contributed by atoms with E-state index in [0.717, 1.165) is 68.9 Å². The van der Waals surface area contributed by atoms with Gasteiger partial charge in [-0.15, -0.1) is 0 Å². The molecule has 3 aromatic heterocycles. The van der Waals surface area contributed by atoms with Gasteiger partial charge in [-0.2, -0.15) is 10.2 Å². The summed E-state index contributed by atoms with van der Waals surface area (Å²) in [6.07, 6.45) is 3.12. The van der Waals surface area contributed by atoms with Gasteiger partial charge in [-0.1, -0.05) is 56.3 Å². The predicted molar refractivity (Wildman–Crippen MR) is 150 cm³/mol. The van der Waals surface area contributed by atoms with Crippen LogP contribution in [-0.4, -0.2) is 29.5 Å². The molecule has 0 aliphatic heterocycles. The zero-order valence-electron chi connectivity index (χ0n) is 22.1. The van der Waals surface area contributed by atoms with E-state index in [9.17, 15) is 0 Å². The molecule has 0 spiro atoms. The number of aromatic nitrogens is 6. The van der Waals surface area contributed by atoms with Crippen molar-refractivity contribution in [3.63, 3.8) is 0 Å². The second-order valence-electron chi connectivity index (χ2n) is 10.3. The second-order valence-corrected chi connectivity index (χ2v) is 10.3. The van der Waals surface area contributed by atoms with Crippen molar-refractivity contribution in [1.82, 2.24) is 29.5 Å². The van der Waals surface area contributed by atoms with E-state index >= 15 is 0 Å². The molecule has 1 N–H and O–H groups in total. The third-order valence-electron chi connectivity index (χ3n) is 7.21. The molecule has 3 heterocycles. The molecule has 0 amide bonds. The Morgan fingerprint density at radius 3 is 2.49 bits per heavy atom. The molecule has 0 fully saturated rings. The van der Waals surface area contributed by atoms with Crippen LogP contribution >= 0.6 is 0 Å². The highest BCUT2D eigenvalue weighted by Crippen LogP contribution is 2.37. The lowest BCUT2D eigenvalue weighted by molar-refractivity contribution is 0.621. The summed E-state index contributed by atoms with van der Waals surface area (Å²) in [7, 11) is 0. The summed E-state index contributed by atoms with van der Waals surface area (Å²) in [5.74, 6) is 1.24. The van der Waals surface area contributed by atoms with E-state index in [1.165, 1.54) is 11.1 Å². The van der Waals surface area contributed by atoms with Crippen LogP contribution in [0.25, 0.3) is 38.9 Å². The molecule has 3 aromatic carbocycles. The van der Waals surface area contributed by atoms with Crippen molar-refractivity contribution in [3.05, 3.63) is 95.1 Å². The van der Waals surface area contributed by atoms with E-state index < -0.39 is 0 Å². The third-order valence-corrected chi connectivity index (χ3v) is 7.21. The molecule has 6 aromatic rings. The van der Waals surface area contributed by atoms with Crippen LogP contribution in [0.4, 0.5) is 0 Å². The smallest absolute Gasteiger partial charge is 0.104 e. The van der Waals surface area contributed by atoms with Gasteiger partial charge in [0.15, 0.2) is 0 Å². The van der Waals surface area contributed by atoms with Crippen molar-refractivity contribution >= 4 is 21.9 Å². The minimum absolute atomic E-state index is 0.323. The van der Waals surface area contributed by atoms with Crippen molar-refractivity contribution in [2.45, 2.75) is 53.5 Å². The Bertz CT molecular complexity index is 1730. The molecule has 6 nitrogen and oxygen atoms in total. The quantitative estimate of drug-likeness (QED) is 0.273. The van der Waals surface area contributed by atoms with Gasteiger partial charge in [0, 0.05) is 34.9 Å². The Morgan fingerprint density at radius 1 is 0.892 bits per heavy atom.